The number of rotatable bonds is 3. The first kappa shape index (κ1) is 12.9. The Labute approximate surface area is 110 Å². The highest BCUT2D eigenvalue weighted by Crippen LogP contribution is 2.32. The van der Waals surface area contributed by atoms with Crippen LogP contribution in [0, 0.1) is 5.82 Å². The van der Waals surface area contributed by atoms with Gasteiger partial charge < -0.3 is 16.4 Å². The minimum Gasteiger partial charge on any atom is -0.396 e. The third-order valence-corrected chi connectivity index (χ3v) is 2.92. The highest BCUT2D eigenvalue weighted by atomic mass is 19.1. The summed E-state index contributed by atoms with van der Waals surface area (Å²) in [5.74, 6) is -0.977. The van der Waals surface area contributed by atoms with Gasteiger partial charge in [-0.15, -0.1) is 0 Å². The topological polar surface area (TPSA) is 72.3 Å². The SMILES string of the molecule is CN(c1ccccc1F)c1cccc(C(N)=O)c1N. The molecular weight excluding hydrogens is 245 g/mol. The molecule has 5 heteroatoms. The maximum absolute atomic E-state index is 13.7. The van der Waals surface area contributed by atoms with Crippen molar-refractivity contribution in [3.05, 3.63) is 53.8 Å². The van der Waals surface area contributed by atoms with Gasteiger partial charge in [0.2, 0.25) is 0 Å². The molecule has 0 radical (unpaired) electrons. The first-order valence-electron chi connectivity index (χ1n) is 5.69. The summed E-state index contributed by atoms with van der Waals surface area (Å²) in [4.78, 5) is 12.8. The number of nitrogens with zero attached hydrogens (tertiary/aromatic N) is 1. The van der Waals surface area contributed by atoms with Gasteiger partial charge in [-0.2, -0.15) is 0 Å². The van der Waals surface area contributed by atoms with Gasteiger partial charge in [0.25, 0.3) is 5.91 Å². The van der Waals surface area contributed by atoms with Crippen LogP contribution in [0.3, 0.4) is 0 Å². The molecule has 0 aliphatic heterocycles. The molecule has 0 aromatic heterocycles. The maximum atomic E-state index is 13.7. The normalized spacial score (nSPS) is 10.2. The largest absolute Gasteiger partial charge is 0.396 e. The smallest absolute Gasteiger partial charge is 0.250 e. The van der Waals surface area contributed by atoms with Gasteiger partial charge in [0.05, 0.1) is 22.6 Å². The van der Waals surface area contributed by atoms with Gasteiger partial charge in [-0.05, 0) is 24.3 Å². The van der Waals surface area contributed by atoms with Gasteiger partial charge in [0, 0.05) is 7.05 Å². The van der Waals surface area contributed by atoms with Crippen LogP contribution in [-0.4, -0.2) is 13.0 Å². The van der Waals surface area contributed by atoms with Crippen molar-refractivity contribution in [1.82, 2.24) is 0 Å². The summed E-state index contributed by atoms with van der Waals surface area (Å²) in [7, 11) is 1.68. The molecule has 2 aromatic rings. The number of carbonyl (C=O) groups excluding carboxylic acids is 1. The van der Waals surface area contributed by atoms with Gasteiger partial charge in [-0.3, -0.25) is 4.79 Å². The van der Waals surface area contributed by atoms with Gasteiger partial charge in [0.1, 0.15) is 5.82 Å². The summed E-state index contributed by atoms with van der Waals surface area (Å²) in [6.07, 6.45) is 0. The lowest BCUT2D eigenvalue weighted by Gasteiger charge is -2.22. The Morgan fingerprint density at radius 1 is 1.11 bits per heavy atom. The molecule has 0 bridgehead atoms. The Bertz CT molecular complexity index is 628. The first-order chi connectivity index (χ1) is 9.02. The number of hydrogen-bond acceptors (Lipinski definition) is 3. The minimum atomic E-state index is -0.610. The molecule has 4 N–H and O–H groups in total. The lowest BCUT2D eigenvalue weighted by Crippen LogP contribution is -2.18. The molecule has 0 heterocycles. The number of primary amides is 1. The van der Waals surface area contributed by atoms with E-state index in [9.17, 15) is 9.18 Å². The highest BCUT2D eigenvalue weighted by molar-refractivity contribution is 6.01. The molecule has 0 fully saturated rings. The van der Waals surface area contributed by atoms with E-state index < -0.39 is 5.91 Å². The number of para-hydroxylation sites is 2. The van der Waals surface area contributed by atoms with Gasteiger partial charge >= 0.3 is 0 Å². The zero-order valence-electron chi connectivity index (χ0n) is 10.4. The number of anilines is 3. The summed E-state index contributed by atoms with van der Waals surface area (Å²) in [6.45, 7) is 0. The fraction of sp³-hybridized carbons (Fsp3) is 0.0714. The van der Waals surface area contributed by atoms with Crippen molar-refractivity contribution in [3.63, 3.8) is 0 Å². The molecule has 0 atom stereocenters. The van der Waals surface area contributed by atoms with Crippen LogP contribution in [0.4, 0.5) is 21.5 Å². The van der Waals surface area contributed by atoms with Gasteiger partial charge in [-0.25, -0.2) is 4.39 Å². The van der Waals surface area contributed by atoms with Crippen molar-refractivity contribution in [3.8, 4) is 0 Å². The highest BCUT2D eigenvalue weighted by Gasteiger charge is 2.15. The number of hydrogen-bond donors (Lipinski definition) is 2. The predicted molar refractivity (Wildman–Crippen MR) is 73.8 cm³/mol. The summed E-state index contributed by atoms with van der Waals surface area (Å²) in [6, 6.07) is 11.2. The van der Waals surface area contributed by atoms with E-state index in [1.54, 1.807) is 42.3 Å². The summed E-state index contributed by atoms with van der Waals surface area (Å²) < 4.78 is 13.7. The van der Waals surface area contributed by atoms with Gasteiger partial charge in [0.15, 0.2) is 0 Å². The number of carbonyl (C=O) groups is 1. The quantitative estimate of drug-likeness (QED) is 0.830. The second-order valence-corrected chi connectivity index (χ2v) is 4.11. The molecule has 1 amide bonds. The number of nitrogens with two attached hydrogens (primary N) is 2. The Kier molecular flexibility index (Phi) is 3.37. The van der Waals surface area contributed by atoms with Crippen molar-refractivity contribution >= 4 is 23.0 Å². The molecular formula is C14H14FN3O. The van der Waals surface area contributed by atoms with E-state index in [0.717, 1.165) is 0 Å². The van der Waals surface area contributed by atoms with E-state index in [0.29, 0.717) is 11.4 Å². The van der Waals surface area contributed by atoms with E-state index in [4.69, 9.17) is 11.5 Å². The number of amides is 1. The standard InChI is InChI=1S/C14H14FN3O/c1-18(11-7-3-2-6-10(11)15)12-8-4-5-9(13(12)16)14(17)19/h2-8H,16H2,1H3,(H2,17,19). The molecule has 4 nitrogen and oxygen atoms in total. The predicted octanol–water partition coefficient (Wildman–Crippen LogP) is 2.27. The Balaban J connectivity index is 2.51. The van der Waals surface area contributed by atoms with Crippen LogP contribution >= 0.6 is 0 Å². The summed E-state index contributed by atoms with van der Waals surface area (Å²) >= 11 is 0. The minimum absolute atomic E-state index is 0.223. The van der Waals surface area contributed by atoms with Crippen LogP contribution in [0.2, 0.25) is 0 Å². The monoisotopic (exact) mass is 259 g/mol. The Hall–Kier alpha value is -2.56. The van der Waals surface area contributed by atoms with Crippen LogP contribution in [-0.2, 0) is 0 Å². The molecule has 0 saturated heterocycles. The number of halogens is 1. The molecule has 0 unspecified atom stereocenters. The van der Waals surface area contributed by atoms with Crippen molar-refractivity contribution in [2.75, 3.05) is 17.7 Å². The molecule has 19 heavy (non-hydrogen) atoms. The first-order valence-corrected chi connectivity index (χ1v) is 5.69. The fourth-order valence-electron chi connectivity index (χ4n) is 1.91. The van der Waals surface area contributed by atoms with E-state index in [-0.39, 0.29) is 17.1 Å². The fourth-order valence-corrected chi connectivity index (χ4v) is 1.91. The second kappa shape index (κ2) is 4.97. The summed E-state index contributed by atoms with van der Waals surface area (Å²) in [5.41, 5.74) is 12.5. The third kappa shape index (κ3) is 2.35. The van der Waals surface area contributed by atoms with Crippen molar-refractivity contribution in [1.29, 1.82) is 0 Å². The van der Waals surface area contributed by atoms with Crippen molar-refractivity contribution < 1.29 is 9.18 Å². The van der Waals surface area contributed by atoms with Crippen LogP contribution in [0.1, 0.15) is 10.4 Å². The van der Waals surface area contributed by atoms with Crippen LogP contribution in [0.25, 0.3) is 0 Å². The molecule has 0 spiro atoms. The van der Waals surface area contributed by atoms with Gasteiger partial charge in [-0.1, -0.05) is 18.2 Å². The maximum Gasteiger partial charge on any atom is 0.250 e. The van der Waals surface area contributed by atoms with Crippen molar-refractivity contribution in [2.45, 2.75) is 0 Å². The molecule has 2 rings (SSSR count). The Morgan fingerprint density at radius 2 is 1.74 bits per heavy atom. The zero-order valence-corrected chi connectivity index (χ0v) is 10.4. The van der Waals surface area contributed by atoms with E-state index >= 15 is 0 Å². The van der Waals surface area contributed by atoms with E-state index in [2.05, 4.69) is 0 Å². The van der Waals surface area contributed by atoms with E-state index in [1.807, 2.05) is 0 Å². The average Bonchev–Trinajstić information content (AvgIpc) is 2.38. The average molecular weight is 259 g/mol. The number of benzene rings is 2. The molecule has 2 aromatic carbocycles. The zero-order chi connectivity index (χ0) is 14.0. The number of nitrogen functional groups attached to an aromatic ring is 1. The molecule has 0 aliphatic rings. The molecule has 0 saturated carbocycles. The van der Waals surface area contributed by atoms with Crippen LogP contribution in [0.5, 0.6) is 0 Å². The van der Waals surface area contributed by atoms with Crippen molar-refractivity contribution in [2.24, 2.45) is 5.73 Å². The Morgan fingerprint density at radius 3 is 2.37 bits per heavy atom. The molecule has 0 aliphatic carbocycles. The lowest BCUT2D eigenvalue weighted by molar-refractivity contribution is 0.100. The van der Waals surface area contributed by atoms with E-state index in [1.165, 1.54) is 12.1 Å². The van der Waals surface area contributed by atoms with Crippen LogP contribution < -0.4 is 16.4 Å². The third-order valence-electron chi connectivity index (χ3n) is 2.92. The second-order valence-electron chi connectivity index (χ2n) is 4.11. The summed E-state index contributed by atoms with van der Waals surface area (Å²) in [5, 5.41) is 0. The lowest BCUT2D eigenvalue weighted by atomic mass is 10.1. The molecule has 98 valence electrons. The van der Waals surface area contributed by atoms with Crippen LogP contribution in [0.15, 0.2) is 42.5 Å².